The summed E-state index contributed by atoms with van der Waals surface area (Å²) >= 11 is 0. The van der Waals surface area contributed by atoms with Crippen molar-refractivity contribution in [3.63, 3.8) is 0 Å². The number of nitrogens with one attached hydrogen (secondary N) is 1. The zero-order chi connectivity index (χ0) is 11.9. The van der Waals surface area contributed by atoms with E-state index in [1.54, 1.807) is 0 Å². The van der Waals surface area contributed by atoms with Crippen molar-refractivity contribution in [2.75, 3.05) is 6.54 Å². The number of aromatic nitrogens is 1. The van der Waals surface area contributed by atoms with Crippen LogP contribution in [-0.2, 0) is 6.42 Å². The molecule has 1 fully saturated rings. The fourth-order valence-electron chi connectivity index (χ4n) is 2.82. The van der Waals surface area contributed by atoms with E-state index in [-0.39, 0.29) is 0 Å². The largest absolute Gasteiger partial charge is 0.314 e. The van der Waals surface area contributed by atoms with Crippen LogP contribution in [0.1, 0.15) is 44.7 Å². The predicted octanol–water partition coefficient (Wildman–Crippen LogP) is 3.18. The van der Waals surface area contributed by atoms with Crippen LogP contribution in [0, 0.1) is 5.92 Å². The quantitative estimate of drug-likeness (QED) is 0.843. The highest BCUT2D eigenvalue weighted by Gasteiger charge is 2.21. The van der Waals surface area contributed by atoms with Gasteiger partial charge in [-0.15, -0.1) is 0 Å². The summed E-state index contributed by atoms with van der Waals surface area (Å²) in [6, 6.07) is 6.99. The van der Waals surface area contributed by atoms with Gasteiger partial charge in [-0.3, -0.25) is 4.98 Å². The first-order chi connectivity index (χ1) is 8.38. The molecule has 0 spiro atoms. The molecule has 0 bridgehead atoms. The molecule has 2 heteroatoms. The SMILES string of the molecule is CCCNC1CCCC(Cc2ccccn2)C1. The highest BCUT2D eigenvalue weighted by Crippen LogP contribution is 2.26. The topological polar surface area (TPSA) is 24.9 Å². The van der Waals surface area contributed by atoms with Crippen molar-refractivity contribution in [1.29, 1.82) is 0 Å². The van der Waals surface area contributed by atoms with Crippen molar-refractivity contribution in [1.82, 2.24) is 10.3 Å². The maximum atomic E-state index is 4.44. The molecular formula is C15H24N2. The smallest absolute Gasteiger partial charge is 0.0406 e. The van der Waals surface area contributed by atoms with Gasteiger partial charge in [0.25, 0.3) is 0 Å². The zero-order valence-electron chi connectivity index (χ0n) is 10.9. The summed E-state index contributed by atoms with van der Waals surface area (Å²) in [5, 5.41) is 3.67. The molecule has 0 amide bonds. The molecule has 1 aromatic heterocycles. The van der Waals surface area contributed by atoms with E-state index in [1.165, 1.54) is 44.3 Å². The molecule has 1 aliphatic carbocycles. The van der Waals surface area contributed by atoms with Gasteiger partial charge in [0.2, 0.25) is 0 Å². The molecule has 0 radical (unpaired) electrons. The molecule has 1 heterocycles. The summed E-state index contributed by atoms with van der Waals surface area (Å²) < 4.78 is 0. The van der Waals surface area contributed by atoms with Gasteiger partial charge >= 0.3 is 0 Å². The van der Waals surface area contributed by atoms with Crippen LogP contribution < -0.4 is 5.32 Å². The van der Waals surface area contributed by atoms with Crippen LogP contribution in [0.25, 0.3) is 0 Å². The molecule has 94 valence electrons. The van der Waals surface area contributed by atoms with E-state index < -0.39 is 0 Å². The number of pyridine rings is 1. The Labute approximate surface area is 105 Å². The minimum Gasteiger partial charge on any atom is -0.314 e. The third kappa shape index (κ3) is 4.12. The van der Waals surface area contributed by atoms with Crippen molar-refractivity contribution >= 4 is 0 Å². The van der Waals surface area contributed by atoms with Crippen molar-refractivity contribution in [2.24, 2.45) is 5.92 Å². The molecule has 1 aliphatic rings. The molecule has 2 unspecified atom stereocenters. The molecule has 0 aromatic carbocycles. The first kappa shape index (κ1) is 12.6. The Hall–Kier alpha value is -0.890. The second-order valence-electron chi connectivity index (χ2n) is 5.21. The highest BCUT2D eigenvalue weighted by molar-refractivity contribution is 5.04. The molecular weight excluding hydrogens is 208 g/mol. The van der Waals surface area contributed by atoms with Crippen LogP contribution in [0.5, 0.6) is 0 Å². The molecule has 1 aromatic rings. The first-order valence-electron chi connectivity index (χ1n) is 7.01. The van der Waals surface area contributed by atoms with E-state index in [9.17, 15) is 0 Å². The second kappa shape index (κ2) is 6.75. The Bertz CT molecular complexity index is 310. The molecule has 2 nitrogen and oxygen atoms in total. The summed E-state index contributed by atoms with van der Waals surface area (Å²) in [5.41, 5.74) is 1.26. The standard InChI is InChI=1S/C15H24N2/c1-2-9-16-15-8-5-6-13(12-15)11-14-7-3-4-10-17-14/h3-4,7,10,13,15-16H,2,5-6,8-9,11-12H2,1H3. The van der Waals surface area contributed by atoms with Crippen LogP contribution in [0.15, 0.2) is 24.4 Å². The Kier molecular flexibility index (Phi) is 4.99. The van der Waals surface area contributed by atoms with Crippen molar-refractivity contribution in [3.05, 3.63) is 30.1 Å². The average Bonchev–Trinajstić information content (AvgIpc) is 2.38. The Morgan fingerprint density at radius 2 is 2.29 bits per heavy atom. The molecule has 2 rings (SSSR count). The minimum atomic E-state index is 0.748. The fraction of sp³-hybridized carbons (Fsp3) is 0.667. The lowest BCUT2D eigenvalue weighted by atomic mass is 9.83. The van der Waals surface area contributed by atoms with Crippen LogP contribution in [0.2, 0.25) is 0 Å². The van der Waals surface area contributed by atoms with Gasteiger partial charge in [-0.2, -0.15) is 0 Å². The first-order valence-corrected chi connectivity index (χ1v) is 7.01. The summed E-state index contributed by atoms with van der Waals surface area (Å²) in [6.07, 6.45) is 9.74. The Morgan fingerprint density at radius 3 is 3.06 bits per heavy atom. The summed E-state index contributed by atoms with van der Waals surface area (Å²) in [4.78, 5) is 4.44. The second-order valence-corrected chi connectivity index (χ2v) is 5.21. The van der Waals surface area contributed by atoms with Gasteiger partial charge in [0.05, 0.1) is 0 Å². The van der Waals surface area contributed by atoms with E-state index in [0.717, 1.165) is 18.4 Å². The highest BCUT2D eigenvalue weighted by atomic mass is 14.9. The van der Waals surface area contributed by atoms with Gasteiger partial charge in [-0.1, -0.05) is 19.4 Å². The van der Waals surface area contributed by atoms with E-state index in [1.807, 2.05) is 12.3 Å². The van der Waals surface area contributed by atoms with Crippen LogP contribution in [-0.4, -0.2) is 17.6 Å². The van der Waals surface area contributed by atoms with E-state index in [2.05, 4.69) is 29.4 Å². The number of nitrogens with zero attached hydrogens (tertiary/aromatic N) is 1. The van der Waals surface area contributed by atoms with Crippen molar-refractivity contribution in [3.8, 4) is 0 Å². The molecule has 2 atom stereocenters. The van der Waals surface area contributed by atoms with E-state index >= 15 is 0 Å². The van der Waals surface area contributed by atoms with Gasteiger partial charge in [-0.25, -0.2) is 0 Å². The third-order valence-electron chi connectivity index (χ3n) is 3.69. The lowest BCUT2D eigenvalue weighted by Crippen LogP contribution is -2.35. The zero-order valence-corrected chi connectivity index (χ0v) is 10.9. The van der Waals surface area contributed by atoms with Crippen LogP contribution >= 0.6 is 0 Å². The number of rotatable bonds is 5. The lowest BCUT2D eigenvalue weighted by molar-refractivity contribution is 0.283. The molecule has 1 N–H and O–H groups in total. The van der Waals surface area contributed by atoms with Gasteiger partial charge in [-0.05, 0) is 56.7 Å². The summed E-state index contributed by atoms with van der Waals surface area (Å²) in [5.74, 6) is 0.827. The van der Waals surface area contributed by atoms with E-state index in [0.29, 0.717) is 0 Å². The number of hydrogen-bond acceptors (Lipinski definition) is 2. The third-order valence-corrected chi connectivity index (χ3v) is 3.69. The normalized spacial score (nSPS) is 24.8. The predicted molar refractivity (Wildman–Crippen MR) is 72.0 cm³/mol. The Morgan fingerprint density at radius 1 is 1.35 bits per heavy atom. The van der Waals surface area contributed by atoms with Gasteiger partial charge in [0, 0.05) is 17.9 Å². The fourth-order valence-corrected chi connectivity index (χ4v) is 2.82. The molecule has 17 heavy (non-hydrogen) atoms. The number of hydrogen-bond donors (Lipinski definition) is 1. The van der Waals surface area contributed by atoms with Gasteiger partial charge in [0.1, 0.15) is 0 Å². The molecule has 1 saturated carbocycles. The van der Waals surface area contributed by atoms with Crippen molar-refractivity contribution in [2.45, 2.75) is 51.5 Å². The summed E-state index contributed by atoms with van der Waals surface area (Å²) in [6.45, 7) is 3.40. The van der Waals surface area contributed by atoms with Crippen LogP contribution in [0.4, 0.5) is 0 Å². The Balaban J connectivity index is 1.81. The monoisotopic (exact) mass is 232 g/mol. The molecule has 0 saturated heterocycles. The maximum Gasteiger partial charge on any atom is 0.0406 e. The van der Waals surface area contributed by atoms with Crippen LogP contribution in [0.3, 0.4) is 0 Å². The average molecular weight is 232 g/mol. The van der Waals surface area contributed by atoms with E-state index in [4.69, 9.17) is 0 Å². The molecule has 0 aliphatic heterocycles. The minimum absolute atomic E-state index is 0.748. The van der Waals surface area contributed by atoms with Gasteiger partial charge < -0.3 is 5.32 Å². The summed E-state index contributed by atoms with van der Waals surface area (Å²) in [7, 11) is 0. The van der Waals surface area contributed by atoms with Crippen molar-refractivity contribution < 1.29 is 0 Å². The lowest BCUT2D eigenvalue weighted by Gasteiger charge is -2.29. The van der Waals surface area contributed by atoms with Gasteiger partial charge in [0.15, 0.2) is 0 Å². The maximum absolute atomic E-state index is 4.44.